The van der Waals surface area contributed by atoms with Gasteiger partial charge in [-0.25, -0.2) is 9.67 Å². The van der Waals surface area contributed by atoms with Crippen LogP contribution < -0.4 is 0 Å². The van der Waals surface area contributed by atoms with Crippen molar-refractivity contribution in [2.24, 2.45) is 7.05 Å². The van der Waals surface area contributed by atoms with Gasteiger partial charge in [0.1, 0.15) is 11.3 Å². The maximum absolute atomic E-state index is 6.23. The lowest BCUT2D eigenvalue weighted by molar-refractivity contribution is 0.750. The largest absolute Gasteiger partial charge is 0.280 e. The van der Waals surface area contributed by atoms with Gasteiger partial charge in [-0.15, -0.1) is 11.6 Å². The smallest absolute Gasteiger partial charge is 0.163 e. The van der Waals surface area contributed by atoms with E-state index in [9.17, 15) is 0 Å². The second-order valence-corrected chi connectivity index (χ2v) is 6.33. The molecule has 4 nitrogen and oxygen atoms in total. The first-order valence-electron chi connectivity index (χ1n) is 6.46. The Morgan fingerprint density at radius 2 is 2.10 bits per heavy atom. The molecule has 3 rings (SSSR count). The Morgan fingerprint density at radius 1 is 1.33 bits per heavy atom. The molecule has 2 heterocycles. The van der Waals surface area contributed by atoms with Crippen molar-refractivity contribution in [2.45, 2.75) is 13.3 Å². The molecule has 0 saturated heterocycles. The number of halogens is 3. The highest BCUT2D eigenvalue weighted by atomic mass is 79.9. The van der Waals surface area contributed by atoms with Gasteiger partial charge in [0, 0.05) is 19.3 Å². The van der Waals surface area contributed by atoms with Crippen LogP contribution in [0.2, 0.25) is 5.02 Å². The number of rotatable bonds is 3. The summed E-state index contributed by atoms with van der Waals surface area (Å²) in [5.41, 5.74) is 3.67. The third-order valence-corrected chi connectivity index (χ3v) is 4.93. The van der Waals surface area contributed by atoms with Gasteiger partial charge in [0.05, 0.1) is 20.9 Å². The maximum atomic E-state index is 6.23. The van der Waals surface area contributed by atoms with E-state index in [2.05, 4.69) is 25.6 Å². The number of aryl methyl sites for hydroxylation is 3. The highest BCUT2D eigenvalue weighted by Gasteiger charge is 2.20. The molecular formula is C14H13BrCl2N4. The zero-order valence-electron chi connectivity index (χ0n) is 11.6. The zero-order valence-corrected chi connectivity index (χ0v) is 14.7. The standard InChI is InChI=1S/C14H13BrCl2N4/c1-8-13-14(20(2)19-8)21(11(18-13)6-7-16)10-5-3-4-9(17)12(10)15/h3-5H,6-7H2,1-2H3. The first-order valence-corrected chi connectivity index (χ1v) is 8.16. The molecule has 2 aromatic heterocycles. The quantitative estimate of drug-likeness (QED) is 0.629. The molecule has 110 valence electrons. The second-order valence-electron chi connectivity index (χ2n) is 4.76. The Balaban J connectivity index is 2.38. The van der Waals surface area contributed by atoms with Crippen molar-refractivity contribution in [3.63, 3.8) is 0 Å². The molecular weight excluding hydrogens is 375 g/mol. The van der Waals surface area contributed by atoms with E-state index in [-0.39, 0.29) is 0 Å². The molecule has 0 saturated carbocycles. The molecule has 0 amide bonds. The molecule has 3 aromatic rings. The van der Waals surface area contributed by atoms with Gasteiger partial charge < -0.3 is 0 Å². The first kappa shape index (κ1) is 14.9. The van der Waals surface area contributed by atoms with Crippen LogP contribution in [0.25, 0.3) is 16.9 Å². The summed E-state index contributed by atoms with van der Waals surface area (Å²) in [5.74, 6) is 1.41. The number of fused-ring (bicyclic) bond motifs is 1. The number of imidazole rings is 1. The molecule has 0 atom stereocenters. The molecule has 0 spiro atoms. The topological polar surface area (TPSA) is 35.6 Å². The van der Waals surface area contributed by atoms with Gasteiger partial charge in [-0.1, -0.05) is 17.7 Å². The zero-order chi connectivity index (χ0) is 15.1. The number of aromatic nitrogens is 4. The molecule has 0 bridgehead atoms. The first-order chi connectivity index (χ1) is 10.0. The SMILES string of the molecule is Cc1nn(C)c2c1nc(CCCl)n2-c1cccc(Cl)c1Br. The van der Waals surface area contributed by atoms with E-state index in [0.717, 1.165) is 32.8 Å². The summed E-state index contributed by atoms with van der Waals surface area (Å²) in [6.07, 6.45) is 0.675. The fourth-order valence-corrected chi connectivity index (χ4v) is 3.27. The second kappa shape index (κ2) is 5.63. The highest BCUT2D eigenvalue weighted by Crippen LogP contribution is 2.32. The maximum Gasteiger partial charge on any atom is 0.163 e. The van der Waals surface area contributed by atoms with Crippen LogP contribution >= 0.6 is 39.1 Å². The Labute approximate surface area is 140 Å². The van der Waals surface area contributed by atoms with Gasteiger partial charge in [-0.2, -0.15) is 5.10 Å². The number of hydrogen-bond acceptors (Lipinski definition) is 2. The molecule has 0 aliphatic heterocycles. The van der Waals surface area contributed by atoms with Crippen molar-refractivity contribution in [3.05, 3.63) is 39.2 Å². The summed E-state index contributed by atoms with van der Waals surface area (Å²) >= 11 is 15.7. The third-order valence-electron chi connectivity index (χ3n) is 3.36. The summed E-state index contributed by atoms with van der Waals surface area (Å²) in [6.45, 7) is 1.96. The fourth-order valence-electron chi connectivity index (χ4n) is 2.49. The lowest BCUT2D eigenvalue weighted by Crippen LogP contribution is -2.07. The van der Waals surface area contributed by atoms with Crippen LogP contribution in [0.15, 0.2) is 22.7 Å². The van der Waals surface area contributed by atoms with E-state index in [1.165, 1.54) is 0 Å². The summed E-state index contributed by atoms with van der Waals surface area (Å²) in [5, 5.41) is 5.10. The number of nitrogens with zero attached hydrogens (tertiary/aromatic N) is 4. The van der Waals surface area contributed by atoms with Crippen molar-refractivity contribution in [3.8, 4) is 5.69 Å². The molecule has 1 aromatic carbocycles. The van der Waals surface area contributed by atoms with E-state index >= 15 is 0 Å². The van der Waals surface area contributed by atoms with E-state index in [4.69, 9.17) is 28.2 Å². The van der Waals surface area contributed by atoms with Gasteiger partial charge in [0.25, 0.3) is 0 Å². The Bertz CT molecular complexity index is 822. The van der Waals surface area contributed by atoms with Gasteiger partial charge in [0.15, 0.2) is 5.65 Å². The molecule has 7 heteroatoms. The molecule has 0 aliphatic carbocycles. The van der Waals surface area contributed by atoms with Gasteiger partial charge in [-0.3, -0.25) is 4.57 Å². The van der Waals surface area contributed by atoms with Crippen molar-refractivity contribution >= 4 is 50.3 Å². The Morgan fingerprint density at radius 3 is 2.81 bits per heavy atom. The summed E-state index contributed by atoms with van der Waals surface area (Å²) in [4.78, 5) is 4.70. The van der Waals surface area contributed by atoms with E-state index in [1.807, 2.05) is 36.9 Å². The molecule has 0 unspecified atom stereocenters. The number of alkyl halides is 1. The number of benzene rings is 1. The minimum absolute atomic E-state index is 0.508. The van der Waals surface area contributed by atoms with Crippen LogP contribution in [0.3, 0.4) is 0 Å². The minimum atomic E-state index is 0.508. The highest BCUT2D eigenvalue weighted by molar-refractivity contribution is 9.10. The Kier molecular flexibility index (Phi) is 3.99. The van der Waals surface area contributed by atoms with Crippen LogP contribution in [0.1, 0.15) is 11.5 Å². The van der Waals surface area contributed by atoms with Gasteiger partial charge in [0.2, 0.25) is 0 Å². The molecule has 21 heavy (non-hydrogen) atoms. The average molecular weight is 388 g/mol. The van der Waals surface area contributed by atoms with E-state index in [0.29, 0.717) is 17.3 Å². The predicted molar refractivity (Wildman–Crippen MR) is 89.7 cm³/mol. The van der Waals surface area contributed by atoms with Crippen LogP contribution in [-0.4, -0.2) is 25.2 Å². The van der Waals surface area contributed by atoms with Crippen LogP contribution in [0.4, 0.5) is 0 Å². The van der Waals surface area contributed by atoms with Crippen LogP contribution in [0.5, 0.6) is 0 Å². The van der Waals surface area contributed by atoms with Crippen molar-refractivity contribution in [2.75, 3.05) is 5.88 Å². The van der Waals surface area contributed by atoms with Crippen molar-refractivity contribution in [1.82, 2.24) is 19.3 Å². The molecule has 0 radical (unpaired) electrons. The molecule has 0 fully saturated rings. The third kappa shape index (κ3) is 2.37. The predicted octanol–water partition coefficient (Wildman–Crippen LogP) is 4.26. The summed E-state index contributed by atoms with van der Waals surface area (Å²) < 4.78 is 4.73. The fraction of sp³-hybridized carbons (Fsp3) is 0.286. The van der Waals surface area contributed by atoms with Gasteiger partial charge in [-0.05, 0) is 35.0 Å². The van der Waals surface area contributed by atoms with E-state index < -0.39 is 0 Å². The summed E-state index contributed by atoms with van der Waals surface area (Å²) in [6, 6.07) is 5.76. The average Bonchev–Trinajstić information content (AvgIpc) is 2.93. The Hall–Kier alpha value is -1.04. The van der Waals surface area contributed by atoms with Crippen LogP contribution in [-0.2, 0) is 13.5 Å². The lowest BCUT2D eigenvalue weighted by atomic mass is 10.3. The number of hydrogen-bond donors (Lipinski definition) is 0. The minimum Gasteiger partial charge on any atom is -0.280 e. The van der Waals surface area contributed by atoms with Crippen molar-refractivity contribution in [1.29, 1.82) is 0 Å². The van der Waals surface area contributed by atoms with E-state index in [1.54, 1.807) is 0 Å². The molecule has 0 aliphatic rings. The normalized spacial score (nSPS) is 11.5. The summed E-state index contributed by atoms with van der Waals surface area (Å²) in [7, 11) is 1.91. The lowest BCUT2D eigenvalue weighted by Gasteiger charge is -2.12. The van der Waals surface area contributed by atoms with Gasteiger partial charge >= 0.3 is 0 Å². The molecule has 0 N–H and O–H groups in total. The monoisotopic (exact) mass is 386 g/mol. The van der Waals surface area contributed by atoms with Crippen molar-refractivity contribution < 1.29 is 0 Å². The van der Waals surface area contributed by atoms with Crippen LogP contribution in [0, 0.1) is 6.92 Å².